The lowest BCUT2D eigenvalue weighted by atomic mass is 10.0. The van der Waals surface area contributed by atoms with Crippen LogP contribution in [0.25, 0.3) is 0 Å². The molecule has 0 aromatic rings. The summed E-state index contributed by atoms with van der Waals surface area (Å²) in [5.41, 5.74) is 0. The van der Waals surface area contributed by atoms with Crippen LogP contribution in [0.2, 0.25) is 0 Å². The van der Waals surface area contributed by atoms with Crippen LogP contribution in [-0.2, 0) is 9.53 Å². The van der Waals surface area contributed by atoms with E-state index in [9.17, 15) is 4.79 Å². The number of methoxy groups -OCH3 is 1. The summed E-state index contributed by atoms with van der Waals surface area (Å²) in [4.78, 5) is 16.0. The fraction of sp³-hybridized carbons (Fsp3) is 0.929. The van der Waals surface area contributed by atoms with Gasteiger partial charge in [0.2, 0.25) is 0 Å². The molecular formula is C14H28N2O2. The number of ether oxygens (including phenoxy) is 1. The first-order valence-corrected chi connectivity index (χ1v) is 7.21. The first-order valence-electron chi connectivity index (χ1n) is 7.21. The standard InChI is InChI=1S/C14H28N2O2/c1-4-13(5-2)12-16-10-8-15(9-11-16)7-6-14(17)18-3/h13H,4-12H2,1-3H3. The molecule has 0 saturated carbocycles. The van der Waals surface area contributed by atoms with Crippen molar-refractivity contribution >= 4 is 5.97 Å². The minimum Gasteiger partial charge on any atom is -0.469 e. The van der Waals surface area contributed by atoms with E-state index in [0.717, 1.165) is 38.6 Å². The first-order chi connectivity index (χ1) is 8.69. The first kappa shape index (κ1) is 15.4. The molecule has 0 N–H and O–H groups in total. The molecule has 0 unspecified atom stereocenters. The van der Waals surface area contributed by atoms with Crippen LogP contribution in [0.1, 0.15) is 33.1 Å². The highest BCUT2D eigenvalue weighted by Crippen LogP contribution is 2.12. The Bertz CT molecular complexity index is 234. The zero-order chi connectivity index (χ0) is 13.4. The van der Waals surface area contributed by atoms with Crippen LogP contribution < -0.4 is 0 Å². The van der Waals surface area contributed by atoms with Crippen molar-refractivity contribution in [3.05, 3.63) is 0 Å². The van der Waals surface area contributed by atoms with E-state index >= 15 is 0 Å². The average Bonchev–Trinajstić information content (AvgIpc) is 2.43. The van der Waals surface area contributed by atoms with Crippen molar-refractivity contribution in [2.45, 2.75) is 33.1 Å². The van der Waals surface area contributed by atoms with E-state index in [2.05, 4.69) is 28.4 Å². The summed E-state index contributed by atoms with van der Waals surface area (Å²) in [7, 11) is 1.45. The largest absolute Gasteiger partial charge is 0.469 e. The molecule has 1 aliphatic heterocycles. The molecule has 1 saturated heterocycles. The van der Waals surface area contributed by atoms with E-state index in [4.69, 9.17) is 0 Å². The van der Waals surface area contributed by atoms with Gasteiger partial charge in [-0.3, -0.25) is 4.79 Å². The molecule has 0 spiro atoms. The van der Waals surface area contributed by atoms with Crippen LogP contribution in [0.5, 0.6) is 0 Å². The summed E-state index contributed by atoms with van der Waals surface area (Å²) in [5, 5.41) is 0. The molecule has 18 heavy (non-hydrogen) atoms. The molecule has 4 nitrogen and oxygen atoms in total. The molecule has 106 valence electrons. The van der Waals surface area contributed by atoms with Gasteiger partial charge in [0, 0.05) is 39.3 Å². The number of rotatable bonds is 7. The summed E-state index contributed by atoms with van der Waals surface area (Å²) in [6.45, 7) is 11.1. The zero-order valence-corrected chi connectivity index (χ0v) is 12.2. The average molecular weight is 256 g/mol. The summed E-state index contributed by atoms with van der Waals surface area (Å²) >= 11 is 0. The number of piperazine rings is 1. The topological polar surface area (TPSA) is 32.8 Å². The fourth-order valence-electron chi connectivity index (χ4n) is 2.46. The normalized spacial score (nSPS) is 18.2. The summed E-state index contributed by atoms with van der Waals surface area (Å²) in [5.74, 6) is 0.737. The maximum absolute atomic E-state index is 11.1. The van der Waals surface area contributed by atoms with E-state index in [-0.39, 0.29) is 5.97 Å². The van der Waals surface area contributed by atoms with E-state index in [1.54, 1.807) is 0 Å². The fourth-order valence-corrected chi connectivity index (χ4v) is 2.46. The number of hydrogen-bond acceptors (Lipinski definition) is 4. The van der Waals surface area contributed by atoms with Crippen molar-refractivity contribution in [2.24, 2.45) is 5.92 Å². The van der Waals surface area contributed by atoms with Crippen molar-refractivity contribution in [1.29, 1.82) is 0 Å². The maximum Gasteiger partial charge on any atom is 0.306 e. The Hall–Kier alpha value is -0.610. The predicted octanol–water partition coefficient (Wildman–Crippen LogP) is 1.60. The third kappa shape index (κ3) is 5.36. The van der Waals surface area contributed by atoms with Crippen molar-refractivity contribution in [2.75, 3.05) is 46.4 Å². The molecule has 0 amide bonds. The number of hydrogen-bond donors (Lipinski definition) is 0. The number of esters is 1. The Morgan fingerprint density at radius 1 is 1.11 bits per heavy atom. The highest BCUT2D eigenvalue weighted by molar-refractivity contribution is 5.69. The number of nitrogens with zero attached hydrogens (tertiary/aromatic N) is 2. The van der Waals surface area contributed by atoms with Gasteiger partial charge < -0.3 is 14.5 Å². The molecular weight excluding hydrogens is 228 g/mol. The highest BCUT2D eigenvalue weighted by atomic mass is 16.5. The highest BCUT2D eigenvalue weighted by Gasteiger charge is 2.19. The van der Waals surface area contributed by atoms with Crippen molar-refractivity contribution < 1.29 is 9.53 Å². The Morgan fingerprint density at radius 2 is 1.67 bits per heavy atom. The van der Waals surface area contributed by atoms with Crippen LogP contribution in [-0.4, -0.2) is 62.1 Å². The second-order valence-electron chi connectivity index (χ2n) is 5.15. The van der Waals surface area contributed by atoms with Gasteiger partial charge in [-0.1, -0.05) is 26.7 Å². The zero-order valence-electron chi connectivity index (χ0n) is 12.2. The van der Waals surface area contributed by atoms with Gasteiger partial charge in [0.25, 0.3) is 0 Å². The van der Waals surface area contributed by atoms with E-state index in [1.807, 2.05) is 0 Å². The molecule has 1 rings (SSSR count). The van der Waals surface area contributed by atoms with Gasteiger partial charge in [-0.05, 0) is 5.92 Å². The van der Waals surface area contributed by atoms with Crippen molar-refractivity contribution in [3.8, 4) is 0 Å². The molecule has 4 heteroatoms. The Labute approximate surface area is 111 Å². The molecule has 1 aliphatic rings. The summed E-state index contributed by atoms with van der Waals surface area (Å²) in [6.07, 6.45) is 3.07. The summed E-state index contributed by atoms with van der Waals surface area (Å²) < 4.78 is 4.67. The molecule has 0 bridgehead atoms. The predicted molar refractivity (Wildman–Crippen MR) is 73.6 cm³/mol. The van der Waals surface area contributed by atoms with Crippen LogP contribution in [0.15, 0.2) is 0 Å². The minimum absolute atomic E-state index is 0.102. The van der Waals surface area contributed by atoms with Crippen molar-refractivity contribution in [1.82, 2.24) is 9.80 Å². The minimum atomic E-state index is -0.102. The molecule has 1 fully saturated rings. The van der Waals surface area contributed by atoms with E-state index in [0.29, 0.717) is 6.42 Å². The second-order valence-corrected chi connectivity index (χ2v) is 5.15. The van der Waals surface area contributed by atoms with Crippen molar-refractivity contribution in [3.63, 3.8) is 0 Å². The smallest absolute Gasteiger partial charge is 0.306 e. The SMILES string of the molecule is CCC(CC)CN1CCN(CCC(=O)OC)CC1. The maximum atomic E-state index is 11.1. The van der Waals surface area contributed by atoms with Crippen LogP contribution in [0.4, 0.5) is 0 Å². The molecule has 0 aliphatic carbocycles. The third-order valence-electron chi connectivity index (χ3n) is 4.00. The van der Waals surface area contributed by atoms with E-state index in [1.165, 1.54) is 26.5 Å². The lowest BCUT2D eigenvalue weighted by Gasteiger charge is -2.36. The van der Waals surface area contributed by atoms with Gasteiger partial charge in [0.05, 0.1) is 13.5 Å². The van der Waals surface area contributed by atoms with Gasteiger partial charge in [0.1, 0.15) is 0 Å². The lowest BCUT2D eigenvalue weighted by Crippen LogP contribution is -2.48. The number of carbonyl (C=O) groups excluding carboxylic acids is 1. The lowest BCUT2D eigenvalue weighted by molar-refractivity contribution is -0.141. The van der Waals surface area contributed by atoms with Gasteiger partial charge in [-0.15, -0.1) is 0 Å². The molecule has 0 atom stereocenters. The summed E-state index contributed by atoms with van der Waals surface area (Å²) in [6, 6.07) is 0. The van der Waals surface area contributed by atoms with Crippen LogP contribution in [0.3, 0.4) is 0 Å². The monoisotopic (exact) mass is 256 g/mol. The molecule has 0 aromatic carbocycles. The van der Waals surface area contributed by atoms with Gasteiger partial charge in [-0.25, -0.2) is 0 Å². The molecule has 0 radical (unpaired) electrons. The Balaban J connectivity index is 2.18. The second kappa shape index (κ2) is 8.48. The number of carbonyl (C=O) groups is 1. The van der Waals surface area contributed by atoms with Crippen LogP contribution in [0, 0.1) is 5.92 Å². The molecule has 1 heterocycles. The van der Waals surface area contributed by atoms with Gasteiger partial charge in [-0.2, -0.15) is 0 Å². The van der Waals surface area contributed by atoms with Gasteiger partial charge >= 0.3 is 5.97 Å². The van der Waals surface area contributed by atoms with E-state index < -0.39 is 0 Å². The third-order valence-corrected chi connectivity index (χ3v) is 4.00. The quantitative estimate of drug-likeness (QED) is 0.648. The Morgan fingerprint density at radius 3 is 2.17 bits per heavy atom. The van der Waals surface area contributed by atoms with Gasteiger partial charge in [0.15, 0.2) is 0 Å². The Kier molecular flexibility index (Phi) is 7.28. The van der Waals surface area contributed by atoms with Crippen LogP contribution >= 0.6 is 0 Å². The molecule has 0 aromatic heterocycles.